The third-order valence-electron chi connectivity index (χ3n) is 8.77. The van der Waals surface area contributed by atoms with Gasteiger partial charge in [0.15, 0.2) is 0 Å². The number of benzene rings is 1. The molecular formula is C37H56N10O16. The second-order valence-electron chi connectivity index (χ2n) is 14.5. The standard InChI is InChI=1S/C37H56N10O16/c1-16(2)29(46-33(58)22(42-25(52)13-38)11-19-5-7-20(50)8-6-19)34(59)47-31(18(4)49)36(61)44-23(12-24(39)51)32(57)41-14-26(53)40-15-27(54)45-30(17(3)48)35(60)43-21(37(62)63)9-10-28(55)56/h5-8,16-18,21-23,29-31,48-50H,9-15,38H2,1-4H3,(H2,39,51)(H,40,53)(H,41,57)(H,42,52)(H,43,60)(H,44,61)(H,45,54)(H,46,58)(H,47,59)(H,55,56)(H,62,63)/t17-,18-,21+,22+,23+,29+,30+,31+/m1/s1. The zero-order chi connectivity index (χ0) is 48.1. The van der Waals surface area contributed by atoms with Crippen LogP contribution in [0, 0.1) is 5.92 Å². The number of amides is 9. The van der Waals surface area contributed by atoms with Crippen molar-refractivity contribution in [2.45, 2.75) is 102 Å². The van der Waals surface area contributed by atoms with E-state index >= 15 is 0 Å². The smallest absolute Gasteiger partial charge is 0.326 e. The third-order valence-corrected chi connectivity index (χ3v) is 8.77. The number of phenolic OH excluding ortho intramolecular Hbond substituents is 1. The van der Waals surface area contributed by atoms with Gasteiger partial charge in [-0.2, -0.15) is 0 Å². The molecule has 8 atom stereocenters. The maximum atomic E-state index is 13.5. The molecule has 26 nitrogen and oxygen atoms in total. The van der Waals surface area contributed by atoms with E-state index in [2.05, 4.69) is 37.2 Å². The first-order valence-electron chi connectivity index (χ1n) is 19.3. The van der Waals surface area contributed by atoms with Gasteiger partial charge < -0.3 is 79.5 Å². The molecule has 0 aromatic heterocycles. The van der Waals surface area contributed by atoms with Crippen molar-refractivity contribution in [2.75, 3.05) is 19.6 Å². The van der Waals surface area contributed by atoms with Crippen LogP contribution in [-0.4, -0.2) is 159 Å². The van der Waals surface area contributed by atoms with Gasteiger partial charge in [-0.05, 0) is 43.9 Å². The summed E-state index contributed by atoms with van der Waals surface area (Å²) in [6.07, 6.45) is -5.28. The van der Waals surface area contributed by atoms with E-state index in [-0.39, 0.29) is 12.2 Å². The fourth-order valence-corrected chi connectivity index (χ4v) is 5.39. The number of hydrogen-bond acceptors (Lipinski definition) is 15. The molecule has 0 saturated carbocycles. The Morgan fingerprint density at radius 2 is 1.10 bits per heavy atom. The largest absolute Gasteiger partial charge is 0.508 e. The number of aliphatic hydroxyl groups is 2. The molecule has 63 heavy (non-hydrogen) atoms. The van der Waals surface area contributed by atoms with Crippen LogP contribution in [0.4, 0.5) is 0 Å². The summed E-state index contributed by atoms with van der Waals surface area (Å²) in [5.41, 5.74) is 11.2. The molecule has 0 aliphatic carbocycles. The van der Waals surface area contributed by atoms with Crippen molar-refractivity contribution in [1.82, 2.24) is 42.5 Å². The molecule has 17 N–H and O–H groups in total. The predicted octanol–water partition coefficient (Wildman–Crippen LogP) is -6.72. The molecule has 0 unspecified atom stereocenters. The Balaban J connectivity index is 2.97. The van der Waals surface area contributed by atoms with E-state index < -0.39 is 158 Å². The second-order valence-corrected chi connectivity index (χ2v) is 14.5. The van der Waals surface area contributed by atoms with E-state index in [0.29, 0.717) is 5.56 Å². The highest BCUT2D eigenvalue weighted by atomic mass is 16.4. The molecular weight excluding hydrogens is 840 g/mol. The number of carboxylic acid groups (broad SMARTS) is 2. The summed E-state index contributed by atoms with van der Waals surface area (Å²) >= 11 is 0. The maximum absolute atomic E-state index is 13.5. The van der Waals surface area contributed by atoms with Crippen LogP contribution in [0.15, 0.2) is 24.3 Å². The van der Waals surface area contributed by atoms with Crippen LogP contribution >= 0.6 is 0 Å². The van der Waals surface area contributed by atoms with Gasteiger partial charge in [-0.1, -0.05) is 26.0 Å². The Bertz CT molecular complexity index is 1820. The van der Waals surface area contributed by atoms with Gasteiger partial charge >= 0.3 is 11.9 Å². The first-order chi connectivity index (χ1) is 29.4. The summed E-state index contributed by atoms with van der Waals surface area (Å²) in [6.45, 7) is 3.11. The molecule has 0 spiro atoms. The molecule has 0 aliphatic heterocycles. The zero-order valence-electron chi connectivity index (χ0n) is 34.8. The lowest BCUT2D eigenvalue weighted by Crippen LogP contribution is -2.62. The van der Waals surface area contributed by atoms with E-state index in [1.54, 1.807) is 13.8 Å². The minimum absolute atomic E-state index is 0.0466. The number of aliphatic carboxylic acids is 2. The van der Waals surface area contributed by atoms with Gasteiger partial charge in [0.1, 0.15) is 42.0 Å². The topological polar surface area (TPSA) is 437 Å². The minimum Gasteiger partial charge on any atom is -0.508 e. The van der Waals surface area contributed by atoms with Gasteiger partial charge in [-0.15, -0.1) is 0 Å². The van der Waals surface area contributed by atoms with Crippen molar-refractivity contribution >= 4 is 65.1 Å². The van der Waals surface area contributed by atoms with Crippen molar-refractivity contribution < 1.29 is 78.3 Å². The normalized spacial score (nSPS) is 14.7. The molecule has 350 valence electrons. The number of rotatable bonds is 27. The number of phenols is 1. The number of aliphatic hydroxyl groups excluding tert-OH is 2. The third kappa shape index (κ3) is 20.0. The number of hydrogen-bond donors (Lipinski definition) is 15. The van der Waals surface area contributed by atoms with Gasteiger partial charge in [0.25, 0.3) is 0 Å². The maximum Gasteiger partial charge on any atom is 0.326 e. The summed E-state index contributed by atoms with van der Waals surface area (Å²) in [5, 5.41) is 65.8. The summed E-state index contributed by atoms with van der Waals surface area (Å²) in [4.78, 5) is 137. The van der Waals surface area contributed by atoms with Crippen molar-refractivity contribution in [2.24, 2.45) is 17.4 Å². The molecule has 0 fully saturated rings. The van der Waals surface area contributed by atoms with Crippen LogP contribution in [0.3, 0.4) is 0 Å². The lowest BCUT2D eigenvalue weighted by atomic mass is 10.00. The lowest BCUT2D eigenvalue weighted by molar-refractivity contribution is -0.144. The molecule has 0 heterocycles. The van der Waals surface area contributed by atoms with Gasteiger partial charge in [-0.25, -0.2) is 4.79 Å². The molecule has 9 amide bonds. The van der Waals surface area contributed by atoms with E-state index in [0.717, 1.165) is 13.8 Å². The van der Waals surface area contributed by atoms with Crippen LogP contribution in [-0.2, 0) is 59.2 Å². The Labute approximate surface area is 360 Å². The number of nitrogens with two attached hydrogens (primary N) is 2. The molecule has 0 saturated heterocycles. The quantitative estimate of drug-likeness (QED) is 0.0390. The van der Waals surface area contributed by atoms with Gasteiger partial charge in [0, 0.05) is 12.8 Å². The highest BCUT2D eigenvalue weighted by Gasteiger charge is 2.35. The number of nitrogens with one attached hydrogen (secondary N) is 8. The van der Waals surface area contributed by atoms with Crippen LogP contribution in [0.5, 0.6) is 5.75 Å². The van der Waals surface area contributed by atoms with E-state index in [1.807, 2.05) is 5.32 Å². The first kappa shape index (κ1) is 54.1. The average Bonchev–Trinajstić information content (AvgIpc) is 3.19. The number of aromatic hydroxyl groups is 1. The van der Waals surface area contributed by atoms with Crippen molar-refractivity contribution in [1.29, 1.82) is 0 Å². The fraction of sp³-hybridized carbons (Fsp3) is 0.541. The molecule has 1 aromatic carbocycles. The summed E-state index contributed by atoms with van der Waals surface area (Å²) in [5.74, 6) is -12.8. The van der Waals surface area contributed by atoms with Crippen molar-refractivity contribution in [3.8, 4) is 5.75 Å². The summed E-state index contributed by atoms with van der Waals surface area (Å²) in [7, 11) is 0. The molecule has 1 aromatic rings. The van der Waals surface area contributed by atoms with Crippen LogP contribution in [0.1, 0.15) is 52.5 Å². The van der Waals surface area contributed by atoms with Gasteiger partial charge in [0.2, 0.25) is 53.2 Å². The Hall–Kier alpha value is -6.93. The first-order valence-corrected chi connectivity index (χ1v) is 19.3. The molecule has 0 radical (unpaired) electrons. The van der Waals surface area contributed by atoms with E-state index in [9.17, 15) is 73.2 Å². The Kier molecular flexibility index (Phi) is 22.7. The molecule has 0 aliphatic rings. The Morgan fingerprint density at radius 1 is 0.587 bits per heavy atom. The minimum atomic E-state index is -1.81. The number of primary amides is 1. The molecule has 0 bridgehead atoms. The highest BCUT2D eigenvalue weighted by molar-refractivity contribution is 5.98. The summed E-state index contributed by atoms with van der Waals surface area (Å²) in [6, 6.07) is -3.89. The van der Waals surface area contributed by atoms with Crippen LogP contribution in [0.25, 0.3) is 0 Å². The van der Waals surface area contributed by atoms with E-state index in [4.69, 9.17) is 16.6 Å². The highest BCUT2D eigenvalue weighted by Crippen LogP contribution is 2.13. The monoisotopic (exact) mass is 896 g/mol. The van der Waals surface area contributed by atoms with E-state index in [1.165, 1.54) is 24.3 Å². The number of carboxylic acids is 2. The van der Waals surface area contributed by atoms with Gasteiger partial charge in [-0.3, -0.25) is 47.9 Å². The lowest BCUT2D eigenvalue weighted by Gasteiger charge is -2.29. The zero-order valence-corrected chi connectivity index (χ0v) is 34.8. The van der Waals surface area contributed by atoms with Crippen molar-refractivity contribution in [3.63, 3.8) is 0 Å². The van der Waals surface area contributed by atoms with Gasteiger partial charge in [0.05, 0.1) is 38.3 Å². The fourth-order valence-electron chi connectivity index (χ4n) is 5.39. The number of carbonyl (C=O) groups excluding carboxylic acids is 9. The second kappa shape index (κ2) is 26.4. The number of carbonyl (C=O) groups is 11. The van der Waals surface area contributed by atoms with Crippen molar-refractivity contribution in [3.05, 3.63) is 29.8 Å². The predicted molar refractivity (Wildman–Crippen MR) is 215 cm³/mol. The van der Waals surface area contributed by atoms with Crippen LogP contribution in [0.2, 0.25) is 0 Å². The SMILES string of the molecule is CC(C)[C@H](NC(=O)[C@H](Cc1ccc(O)cc1)NC(=O)CN)C(=O)N[C@H](C(=O)N[C@@H](CC(N)=O)C(=O)NCC(=O)NCC(=O)N[C@H](C(=O)N[C@@H](CCC(=O)O)C(=O)O)[C@@H](C)O)[C@@H](C)O. The Morgan fingerprint density at radius 3 is 1.59 bits per heavy atom. The molecule has 26 heteroatoms. The average molecular weight is 897 g/mol. The molecule has 1 rings (SSSR count). The summed E-state index contributed by atoms with van der Waals surface area (Å²) < 4.78 is 0. The van der Waals surface area contributed by atoms with Crippen LogP contribution < -0.4 is 54.0 Å².